The molecule has 0 spiro atoms. The first-order chi connectivity index (χ1) is 11.7. The van der Waals surface area contributed by atoms with Crippen LogP contribution in [0.3, 0.4) is 0 Å². The first-order valence-corrected chi connectivity index (χ1v) is 8.75. The summed E-state index contributed by atoms with van der Waals surface area (Å²) in [5.74, 6) is 3.32. The van der Waals surface area contributed by atoms with Crippen LogP contribution in [0.15, 0.2) is 30.3 Å². The number of fused-ring (bicyclic) bond motifs is 2. The van der Waals surface area contributed by atoms with E-state index in [9.17, 15) is 4.79 Å². The Bertz CT molecular complexity index is 782. The van der Waals surface area contributed by atoms with Crippen LogP contribution in [0, 0.1) is 17.8 Å². The number of carbonyl (C=O) groups is 1. The van der Waals surface area contributed by atoms with Gasteiger partial charge in [-0.1, -0.05) is 30.3 Å². The van der Waals surface area contributed by atoms with Crippen LogP contribution >= 0.6 is 12.4 Å². The summed E-state index contributed by atoms with van der Waals surface area (Å²) in [7, 11) is 0. The highest BCUT2D eigenvalue weighted by molar-refractivity contribution is 5.85. The molecule has 1 unspecified atom stereocenters. The Hall–Kier alpha value is -1.92. The van der Waals surface area contributed by atoms with Crippen LogP contribution in [0.4, 0.5) is 0 Å². The molecule has 1 amide bonds. The van der Waals surface area contributed by atoms with Crippen molar-refractivity contribution < 1.29 is 4.79 Å². The predicted molar refractivity (Wildman–Crippen MR) is 96.2 cm³/mol. The maximum absolute atomic E-state index is 12.9. The molecule has 25 heavy (non-hydrogen) atoms. The largest absolute Gasteiger partial charge is 0.331 e. The molecule has 6 nitrogen and oxygen atoms in total. The van der Waals surface area contributed by atoms with E-state index in [-0.39, 0.29) is 24.4 Å². The SMILES string of the molecule is C[C@H]1c2nc(-c3ccccc3)nn2CCN1C(=O)C1[C@H]2CNC[C@@H]12.Cl. The Morgan fingerprint density at radius 1 is 1.16 bits per heavy atom. The molecule has 2 aliphatic heterocycles. The second-order valence-electron chi connectivity index (χ2n) is 7.10. The van der Waals surface area contributed by atoms with Crippen molar-refractivity contribution in [2.45, 2.75) is 19.5 Å². The third-order valence-corrected chi connectivity index (χ3v) is 5.79. The number of rotatable bonds is 2. The number of aromatic nitrogens is 3. The van der Waals surface area contributed by atoms with Gasteiger partial charge >= 0.3 is 0 Å². The van der Waals surface area contributed by atoms with E-state index in [4.69, 9.17) is 4.98 Å². The first kappa shape index (κ1) is 16.5. The van der Waals surface area contributed by atoms with Crippen LogP contribution in [0.2, 0.25) is 0 Å². The third-order valence-electron chi connectivity index (χ3n) is 5.79. The summed E-state index contributed by atoms with van der Waals surface area (Å²) in [5.41, 5.74) is 1.02. The number of nitrogens with zero attached hydrogens (tertiary/aromatic N) is 4. The van der Waals surface area contributed by atoms with Crippen molar-refractivity contribution in [3.05, 3.63) is 36.2 Å². The Morgan fingerprint density at radius 2 is 1.88 bits per heavy atom. The van der Waals surface area contributed by atoms with Crippen molar-refractivity contribution in [1.82, 2.24) is 25.0 Å². The molecule has 0 bridgehead atoms. The Morgan fingerprint density at radius 3 is 2.60 bits per heavy atom. The molecular formula is C18H22ClN5O. The van der Waals surface area contributed by atoms with Crippen LogP contribution in [0.1, 0.15) is 18.8 Å². The summed E-state index contributed by atoms with van der Waals surface area (Å²) in [5, 5.41) is 8.00. The maximum atomic E-state index is 12.9. The summed E-state index contributed by atoms with van der Waals surface area (Å²) in [4.78, 5) is 19.7. The minimum absolute atomic E-state index is 0. The highest BCUT2D eigenvalue weighted by Gasteiger charge is 2.58. The van der Waals surface area contributed by atoms with Crippen LogP contribution < -0.4 is 5.32 Å². The van der Waals surface area contributed by atoms with Crippen LogP contribution in [0.5, 0.6) is 0 Å². The van der Waals surface area contributed by atoms with Gasteiger partial charge in [0.25, 0.3) is 0 Å². The number of halogens is 1. The number of hydrogen-bond donors (Lipinski definition) is 1. The summed E-state index contributed by atoms with van der Waals surface area (Å²) >= 11 is 0. The van der Waals surface area contributed by atoms with Crippen LogP contribution in [0.25, 0.3) is 11.4 Å². The molecule has 2 fully saturated rings. The topological polar surface area (TPSA) is 63.1 Å². The summed E-state index contributed by atoms with van der Waals surface area (Å²) < 4.78 is 1.96. The van der Waals surface area contributed by atoms with Gasteiger partial charge in [-0.05, 0) is 31.8 Å². The molecule has 1 aliphatic carbocycles. The van der Waals surface area contributed by atoms with E-state index in [1.807, 2.05) is 39.9 Å². The molecule has 3 heterocycles. The normalized spacial score (nSPS) is 29.6. The smallest absolute Gasteiger partial charge is 0.227 e. The van der Waals surface area contributed by atoms with Crippen molar-refractivity contribution in [1.29, 1.82) is 0 Å². The van der Waals surface area contributed by atoms with Crippen LogP contribution in [-0.2, 0) is 11.3 Å². The zero-order valence-electron chi connectivity index (χ0n) is 14.1. The van der Waals surface area contributed by atoms with E-state index in [1.54, 1.807) is 0 Å². The van der Waals surface area contributed by atoms with Gasteiger partial charge in [0.1, 0.15) is 5.82 Å². The monoisotopic (exact) mass is 359 g/mol. The molecule has 0 radical (unpaired) electrons. The number of piperidine rings is 1. The van der Waals surface area contributed by atoms with E-state index in [0.717, 1.165) is 43.4 Å². The molecule has 1 saturated heterocycles. The lowest BCUT2D eigenvalue weighted by Gasteiger charge is -2.33. The fourth-order valence-corrected chi connectivity index (χ4v) is 4.35. The van der Waals surface area contributed by atoms with Gasteiger partial charge in [-0.15, -0.1) is 12.4 Å². The Kier molecular flexibility index (Phi) is 4.04. The van der Waals surface area contributed by atoms with Gasteiger partial charge in [-0.3, -0.25) is 4.79 Å². The van der Waals surface area contributed by atoms with Gasteiger partial charge in [0.05, 0.1) is 12.6 Å². The Balaban J connectivity index is 0.00000157. The van der Waals surface area contributed by atoms with Gasteiger partial charge in [0.15, 0.2) is 5.82 Å². The fourth-order valence-electron chi connectivity index (χ4n) is 4.35. The average molecular weight is 360 g/mol. The fraction of sp³-hybridized carbons (Fsp3) is 0.500. The van der Waals surface area contributed by atoms with E-state index in [2.05, 4.69) is 17.3 Å². The highest BCUT2D eigenvalue weighted by atomic mass is 35.5. The van der Waals surface area contributed by atoms with Gasteiger partial charge < -0.3 is 10.2 Å². The molecule has 1 saturated carbocycles. The van der Waals surface area contributed by atoms with Gasteiger partial charge in [0, 0.05) is 18.0 Å². The van der Waals surface area contributed by atoms with Crippen molar-refractivity contribution >= 4 is 18.3 Å². The van der Waals surface area contributed by atoms with E-state index in [0.29, 0.717) is 17.7 Å². The quantitative estimate of drug-likeness (QED) is 0.887. The molecule has 1 aromatic heterocycles. The van der Waals surface area contributed by atoms with Crippen molar-refractivity contribution in [2.75, 3.05) is 19.6 Å². The number of hydrogen-bond acceptors (Lipinski definition) is 4. The highest BCUT2D eigenvalue weighted by Crippen LogP contribution is 2.50. The second-order valence-corrected chi connectivity index (χ2v) is 7.10. The number of amides is 1. The molecule has 2 aromatic rings. The lowest BCUT2D eigenvalue weighted by atomic mass is 10.1. The average Bonchev–Trinajstić information content (AvgIpc) is 2.98. The van der Waals surface area contributed by atoms with Crippen molar-refractivity contribution in [2.24, 2.45) is 17.8 Å². The Labute approximate surface area is 153 Å². The van der Waals surface area contributed by atoms with E-state index in [1.165, 1.54) is 0 Å². The van der Waals surface area contributed by atoms with E-state index >= 15 is 0 Å². The van der Waals surface area contributed by atoms with Gasteiger partial charge in [-0.25, -0.2) is 9.67 Å². The first-order valence-electron chi connectivity index (χ1n) is 8.75. The van der Waals surface area contributed by atoms with Crippen molar-refractivity contribution in [3.8, 4) is 11.4 Å². The standard InChI is InChI=1S/C18H21N5O.ClH/c1-11-17-20-16(12-5-3-2-4-6-12)21-23(17)8-7-22(11)18(24)15-13-9-19-10-14(13)15;/h2-6,11,13-15,19H,7-10H2,1H3;1H/t11-,13-,14+,15?;/m0./s1. The summed E-state index contributed by atoms with van der Waals surface area (Å²) in [6.07, 6.45) is 0. The van der Waals surface area contributed by atoms with Gasteiger partial charge in [0.2, 0.25) is 5.91 Å². The van der Waals surface area contributed by atoms with Crippen LogP contribution in [-0.4, -0.2) is 45.2 Å². The number of benzene rings is 1. The molecule has 7 heteroatoms. The lowest BCUT2D eigenvalue weighted by molar-refractivity contribution is -0.136. The molecule has 5 rings (SSSR count). The minimum Gasteiger partial charge on any atom is -0.331 e. The summed E-state index contributed by atoms with van der Waals surface area (Å²) in [6.45, 7) is 5.53. The van der Waals surface area contributed by atoms with E-state index < -0.39 is 0 Å². The zero-order valence-corrected chi connectivity index (χ0v) is 14.9. The second kappa shape index (κ2) is 6.11. The molecule has 3 aliphatic rings. The molecule has 1 N–H and O–H groups in total. The molecular weight excluding hydrogens is 338 g/mol. The van der Waals surface area contributed by atoms with Gasteiger partial charge in [-0.2, -0.15) is 5.10 Å². The molecule has 1 aromatic carbocycles. The predicted octanol–water partition coefficient (Wildman–Crippen LogP) is 1.74. The third kappa shape index (κ3) is 2.55. The minimum atomic E-state index is -0.00880. The lowest BCUT2D eigenvalue weighted by Crippen LogP contribution is -2.43. The number of carbonyl (C=O) groups excluding carboxylic acids is 1. The number of nitrogens with one attached hydrogen (secondary N) is 1. The summed E-state index contributed by atoms with van der Waals surface area (Å²) in [6, 6.07) is 10.0. The molecule has 132 valence electrons. The zero-order chi connectivity index (χ0) is 16.3. The molecule has 4 atom stereocenters. The van der Waals surface area contributed by atoms with Crippen molar-refractivity contribution in [3.63, 3.8) is 0 Å². The maximum Gasteiger partial charge on any atom is 0.227 e.